The van der Waals surface area contributed by atoms with Gasteiger partial charge in [-0.25, -0.2) is 4.79 Å². The molecule has 3 N–H and O–H groups in total. The van der Waals surface area contributed by atoms with E-state index in [0.717, 1.165) is 55.9 Å². The minimum absolute atomic E-state index is 0.0136. The zero-order chi connectivity index (χ0) is 16.3. The summed E-state index contributed by atoms with van der Waals surface area (Å²) in [6.07, 6.45) is 4.75. The predicted molar refractivity (Wildman–Crippen MR) is 92.0 cm³/mol. The fraction of sp³-hybridized carbons (Fsp3) is 0.588. The molecule has 126 valence electrons. The number of benzene rings is 1. The third kappa shape index (κ3) is 3.90. The fourth-order valence-electron chi connectivity index (χ4n) is 3.62. The molecular formula is C17H24ClN3O2. The minimum Gasteiger partial charge on any atom is -0.394 e. The first-order valence-electron chi connectivity index (χ1n) is 8.30. The van der Waals surface area contributed by atoms with Gasteiger partial charge in [0.15, 0.2) is 0 Å². The van der Waals surface area contributed by atoms with Crippen molar-refractivity contribution in [3.8, 4) is 0 Å². The SMILES string of the molecule is O=C(NC1CCN(c2cccc(Cl)c2)C1)NC1(CO)CCCC1. The molecule has 23 heavy (non-hydrogen) atoms. The van der Waals surface area contributed by atoms with Gasteiger partial charge in [0.2, 0.25) is 0 Å². The van der Waals surface area contributed by atoms with Crippen LogP contribution in [0.25, 0.3) is 0 Å². The molecule has 1 aromatic carbocycles. The molecule has 0 spiro atoms. The summed E-state index contributed by atoms with van der Waals surface area (Å²) in [4.78, 5) is 14.5. The Morgan fingerprint density at radius 1 is 1.39 bits per heavy atom. The maximum absolute atomic E-state index is 12.2. The lowest BCUT2D eigenvalue weighted by Crippen LogP contribution is -2.55. The Morgan fingerprint density at radius 3 is 2.87 bits per heavy atom. The van der Waals surface area contributed by atoms with E-state index in [0.29, 0.717) is 0 Å². The summed E-state index contributed by atoms with van der Waals surface area (Å²) in [7, 11) is 0. The van der Waals surface area contributed by atoms with E-state index in [4.69, 9.17) is 11.6 Å². The Labute approximate surface area is 142 Å². The molecule has 2 amide bonds. The van der Waals surface area contributed by atoms with Gasteiger partial charge in [0.25, 0.3) is 0 Å². The van der Waals surface area contributed by atoms with Gasteiger partial charge in [-0.3, -0.25) is 0 Å². The molecule has 0 bridgehead atoms. The molecule has 5 nitrogen and oxygen atoms in total. The lowest BCUT2D eigenvalue weighted by Gasteiger charge is -2.29. The first-order chi connectivity index (χ1) is 11.1. The van der Waals surface area contributed by atoms with Crippen LogP contribution in [0.2, 0.25) is 5.02 Å². The quantitative estimate of drug-likeness (QED) is 0.791. The van der Waals surface area contributed by atoms with Crippen LogP contribution >= 0.6 is 11.6 Å². The number of amides is 2. The van der Waals surface area contributed by atoms with Gasteiger partial charge >= 0.3 is 6.03 Å². The smallest absolute Gasteiger partial charge is 0.315 e. The van der Waals surface area contributed by atoms with E-state index in [1.165, 1.54) is 0 Å². The van der Waals surface area contributed by atoms with Gasteiger partial charge in [-0.1, -0.05) is 30.5 Å². The molecule has 1 unspecified atom stereocenters. The number of carbonyl (C=O) groups is 1. The van der Waals surface area contributed by atoms with Crippen molar-refractivity contribution in [2.24, 2.45) is 0 Å². The average molecular weight is 338 g/mol. The summed E-state index contributed by atoms with van der Waals surface area (Å²) in [5, 5.41) is 16.3. The maximum Gasteiger partial charge on any atom is 0.315 e. The molecular weight excluding hydrogens is 314 g/mol. The number of urea groups is 1. The second-order valence-electron chi connectivity index (χ2n) is 6.66. The van der Waals surface area contributed by atoms with Gasteiger partial charge in [-0.2, -0.15) is 0 Å². The van der Waals surface area contributed by atoms with Gasteiger partial charge in [0.1, 0.15) is 0 Å². The molecule has 0 aromatic heterocycles. The highest BCUT2D eigenvalue weighted by molar-refractivity contribution is 6.30. The number of aliphatic hydroxyl groups is 1. The zero-order valence-corrected chi connectivity index (χ0v) is 14.0. The van der Waals surface area contributed by atoms with Gasteiger partial charge < -0.3 is 20.6 Å². The third-order valence-corrected chi connectivity index (χ3v) is 5.17. The zero-order valence-electron chi connectivity index (χ0n) is 13.2. The second-order valence-corrected chi connectivity index (χ2v) is 7.09. The third-order valence-electron chi connectivity index (χ3n) is 4.94. The van der Waals surface area contributed by atoms with Crippen LogP contribution < -0.4 is 15.5 Å². The number of nitrogens with one attached hydrogen (secondary N) is 2. The summed E-state index contributed by atoms with van der Waals surface area (Å²) in [6, 6.07) is 7.73. The fourth-order valence-corrected chi connectivity index (χ4v) is 3.81. The topological polar surface area (TPSA) is 64.6 Å². The molecule has 2 aliphatic rings. The van der Waals surface area contributed by atoms with Crippen molar-refractivity contribution in [1.29, 1.82) is 0 Å². The molecule has 1 atom stereocenters. The van der Waals surface area contributed by atoms with E-state index < -0.39 is 5.54 Å². The first kappa shape index (κ1) is 16.4. The number of anilines is 1. The molecule has 1 aliphatic heterocycles. The Kier molecular flexibility index (Phi) is 4.97. The van der Waals surface area contributed by atoms with Crippen LogP contribution in [0.3, 0.4) is 0 Å². The van der Waals surface area contributed by atoms with Crippen molar-refractivity contribution >= 4 is 23.3 Å². The molecule has 1 saturated heterocycles. The predicted octanol–water partition coefficient (Wildman–Crippen LogP) is 2.52. The molecule has 1 aromatic rings. The van der Waals surface area contributed by atoms with Crippen LogP contribution in [0.4, 0.5) is 10.5 Å². The summed E-state index contributed by atoms with van der Waals surface area (Å²) in [6.45, 7) is 1.69. The number of nitrogens with zero attached hydrogens (tertiary/aromatic N) is 1. The van der Waals surface area contributed by atoms with E-state index in [1.54, 1.807) is 0 Å². The van der Waals surface area contributed by atoms with E-state index in [9.17, 15) is 9.90 Å². The van der Waals surface area contributed by atoms with Crippen LogP contribution in [0.5, 0.6) is 0 Å². The Bertz CT molecular complexity index is 561. The van der Waals surface area contributed by atoms with Crippen LogP contribution in [0.15, 0.2) is 24.3 Å². The van der Waals surface area contributed by atoms with Crippen molar-refractivity contribution in [3.63, 3.8) is 0 Å². The Morgan fingerprint density at radius 2 is 2.17 bits per heavy atom. The van der Waals surface area contributed by atoms with Crippen molar-refractivity contribution in [1.82, 2.24) is 10.6 Å². The van der Waals surface area contributed by atoms with Crippen LogP contribution in [0, 0.1) is 0 Å². The van der Waals surface area contributed by atoms with Crippen molar-refractivity contribution in [3.05, 3.63) is 29.3 Å². The lowest BCUT2D eigenvalue weighted by molar-refractivity contribution is 0.162. The second kappa shape index (κ2) is 6.97. The average Bonchev–Trinajstić information content (AvgIpc) is 3.17. The monoisotopic (exact) mass is 337 g/mol. The number of hydrogen-bond donors (Lipinski definition) is 3. The number of rotatable bonds is 4. The molecule has 1 heterocycles. The van der Waals surface area contributed by atoms with Gasteiger partial charge in [-0.15, -0.1) is 0 Å². The van der Waals surface area contributed by atoms with Crippen molar-refractivity contribution in [2.45, 2.75) is 43.7 Å². The molecule has 1 aliphatic carbocycles. The normalized spacial score (nSPS) is 23.0. The minimum atomic E-state index is -0.421. The van der Waals surface area contributed by atoms with Crippen LogP contribution in [0.1, 0.15) is 32.1 Å². The summed E-state index contributed by atoms with van der Waals surface area (Å²) in [5.41, 5.74) is 0.667. The first-order valence-corrected chi connectivity index (χ1v) is 8.68. The standard InChI is InChI=1S/C17H24ClN3O2/c18-13-4-3-5-15(10-13)21-9-6-14(11-21)19-16(23)20-17(12-22)7-1-2-8-17/h3-5,10,14,22H,1-2,6-9,11-12H2,(H2,19,20,23). The Hall–Kier alpha value is -1.46. The molecule has 6 heteroatoms. The van der Waals surface area contributed by atoms with E-state index in [2.05, 4.69) is 15.5 Å². The van der Waals surface area contributed by atoms with Gasteiger partial charge in [-0.05, 0) is 37.5 Å². The molecule has 3 rings (SSSR count). The molecule has 1 saturated carbocycles. The number of halogens is 1. The summed E-state index contributed by atoms with van der Waals surface area (Å²) in [5.74, 6) is 0. The maximum atomic E-state index is 12.2. The van der Waals surface area contributed by atoms with E-state index in [1.807, 2.05) is 24.3 Å². The van der Waals surface area contributed by atoms with Crippen LogP contribution in [-0.4, -0.2) is 42.4 Å². The highest BCUT2D eigenvalue weighted by Crippen LogP contribution is 2.29. The van der Waals surface area contributed by atoms with E-state index >= 15 is 0 Å². The van der Waals surface area contributed by atoms with E-state index in [-0.39, 0.29) is 18.7 Å². The number of carbonyl (C=O) groups excluding carboxylic acids is 1. The van der Waals surface area contributed by atoms with Crippen molar-refractivity contribution < 1.29 is 9.90 Å². The van der Waals surface area contributed by atoms with Crippen LogP contribution in [-0.2, 0) is 0 Å². The highest BCUT2D eigenvalue weighted by atomic mass is 35.5. The molecule has 0 radical (unpaired) electrons. The number of hydrogen-bond acceptors (Lipinski definition) is 3. The van der Waals surface area contributed by atoms with Gasteiger partial charge in [0.05, 0.1) is 12.1 Å². The number of aliphatic hydroxyl groups excluding tert-OH is 1. The summed E-state index contributed by atoms with van der Waals surface area (Å²) >= 11 is 6.04. The largest absolute Gasteiger partial charge is 0.394 e. The van der Waals surface area contributed by atoms with Gasteiger partial charge in [0, 0.05) is 29.8 Å². The highest BCUT2D eigenvalue weighted by Gasteiger charge is 2.35. The lowest BCUT2D eigenvalue weighted by atomic mass is 9.99. The Balaban J connectivity index is 1.52. The summed E-state index contributed by atoms with van der Waals surface area (Å²) < 4.78 is 0. The van der Waals surface area contributed by atoms with Crippen molar-refractivity contribution in [2.75, 3.05) is 24.6 Å². The molecule has 2 fully saturated rings.